The first-order valence-corrected chi connectivity index (χ1v) is 11.1. The Bertz CT molecular complexity index is 860. The molecule has 0 aliphatic rings. The molecule has 2 aromatic carbocycles. The van der Waals surface area contributed by atoms with E-state index in [1.165, 1.54) is 4.90 Å². The Morgan fingerprint density at radius 2 is 1.69 bits per heavy atom. The van der Waals surface area contributed by atoms with Crippen molar-refractivity contribution >= 4 is 11.9 Å². The van der Waals surface area contributed by atoms with Crippen LogP contribution in [0, 0.1) is 0 Å². The molecule has 0 heterocycles. The molecule has 0 fully saturated rings. The van der Waals surface area contributed by atoms with Gasteiger partial charge in [-0.1, -0.05) is 49.4 Å². The molecular weight excluding hydrogens is 406 g/mol. The van der Waals surface area contributed by atoms with Crippen LogP contribution in [0.25, 0.3) is 0 Å². The van der Waals surface area contributed by atoms with Crippen LogP contribution in [-0.4, -0.2) is 53.3 Å². The molecule has 0 aromatic heterocycles. The summed E-state index contributed by atoms with van der Waals surface area (Å²) in [5, 5.41) is 10.5. The minimum Gasteiger partial charge on any atom is -0.490 e. The molecule has 174 valence electrons. The monoisotopic (exact) mass is 441 g/mol. The van der Waals surface area contributed by atoms with Crippen LogP contribution in [0.1, 0.15) is 56.5 Å². The first-order chi connectivity index (χ1) is 15.2. The van der Waals surface area contributed by atoms with Crippen LogP contribution >= 0.6 is 0 Å². The summed E-state index contributed by atoms with van der Waals surface area (Å²) in [5.41, 5.74) is 0.991. The van der Waals surface area contributed by atoms with Crippen LogP contribution in [0.2, 0.25) is 0 Å². The molecule has 6 nitrogen and oxygen atoms in total. The van der Waals surface area contributed by atoms with Crippen molar-refractivity contribution < 1.29 is 24.2 Å². The van der Waals surface area contributed by atoms with Gasteiger partial charge < -0.3 is 19.5 Å². The van der Waals surface area contributed by atoms with E-state index in [1.54, 1.807) is 45.0 Å². The summed E-state index contributed by atoms with van der Waals surface area (Å²) in [6.45, 7) is 7.90. The van der Waals surface area contributed by atoms with Gasteiger partial charge in [-0.05, 0) is 51.3 Å². The number of nitrogens with zero attached hydrogens (tertiary/aromatic N) is 1. The topological polar surface area (TPSA) is 76.1 Å². The van der Waals surface area contributed by atoms with Crippen molar-refractivity contribution in [3.05, 3.63) is 65.7 Å². The van der Waals surface area contributed by atoms with Crippen LogP contribution in [0.3, 0.4) is 0 Å². The Labute approximate surface area is 191 Å². The zero-order valence-electron chi connectivity index (χ0n) is 19.5. The van der Waals surface area contributed by atoms with E-state index < -0.39 is 17.8 Å². The van der Waals surface area contributed by atoms with Crippen molar-refractivity contribution in [2.75, 3.05) is 19.7 Å². The molecule has 0 radical (unpaired) electrons. The van der Waals surface area contributed by atoms with Crippen molar-refractivity contribution in [3.63, 3.8) is 0 Å². The maximum atomic E-state index is 12.8. The first-order valence-electron chi connectivity index (χ1n) is 11.1. The van der Waals surface area contributed by atoms with Gasteiger partial charge in [0, 0.05) is 13.0 Å². The summed E-state index contributed by atoms with van der Waals surface area (Å²) in [6, 6.07) is 16.9. The van der Waals surface area contributed by atoms with E-state index in [9.17, 15) is 14.7 Å². The quantitative estimate of drug-likeness (QED) is 0.503. The van der Waals surface area contributed by atoms with Crippen molar-refractivity contribution in [2.45, 2.75) is 58.7 Å². The molecule has 0 spiro atoms. The van der Waals surface area contributed by atoms with Gasteiger partial charge in [0.05, 0.1) is 12.1 Å². The number of rotatable bonds is 11. The number of aryl methyl sites for hydroxylation is 1. The third-order valence-electron chi connectivity index (χ3n) is 4.68. The van der Waals surface area contributed by atoms with Crippen molar-refractivity contribution in [1.82, 2.24) is 4.90 Å². The van der Waals surface area contributed by atoms with E-state index in [0.717, 1.165) is 12.0 Å². The van der Waals surface area contributed by atoms with Gasteiger partial charge in [-0.15, -0.1) is 0 Å². The van der Waals surface area contributed by atoms with E-state index in [0.29, 0.717) is 30.7 Å². The lowest BCUT2D eigenvalue weighted by molar-refractivity contribution is 0.00918. The number of aliphatic hydroxyl groups is 1. The highest BCUT2D eigenvalue weighted by molar-refractivity contribution is 5.98. The maximum Gasteiger partial charge on any atom is 0.410 e. The Kier molecular flexibility index (Phi) is 9.72. The average molecular weight is 442 g/mol. The number of carbonyl (C=O) groups excluding carboxylic acids is 2. The molecule has 2 aromatic rings. The van der Waals surface area contributed by atoms with Crippen molar-refractivity contribution in [2.24, 2.45) is 0 Å². The number of benzene rings is 2. The number of ketones is 1. The zero-order chi connectivity index (χ0) is 23.6. The molecule has 0 unspecified atom stereocenters. The Morgan fingerprint density at radius 1 is 1.03 bits per heavy atom. The normalized spacial score (nSPS) is 12.2. The Morgan fingerprint density at radius 3 is 2.34 bits per heavy atom. The van der Waals surface area contributed by atoms with Crippen LogP contribution in [0.5, 0.6) is 5.75 Å². The molecular formula is C26H35NO5. The number of ether oxygens (including phenoxy) is 2. The van der Waals surface area contributed by atoms with Gasteiger partial charge in [0.1, 0.15) is 24.1 Å². The lowest BCUT2D eigenvalue weighted by Crippen LogP contribution is -2.43. The maximum absolute atomic E-state index is 12.8. The zero-order valence-corrected chi connectivity index (χ0v) is 19.5. The van der Waals surface area contributed by atoms with Crippen LogP contribution in [-0.2, 0) is 11.2 Å². The molecule has 0 saturated heterocycles. The molecule has 2 rings (SSSR count). The SMILES string of the molecule is CCCN(C[C@H](O)COc1ccccc1C(=O)CCc1ccccc1)C(=O)OC(C)(C)C. The first kappa shape index (κ1) is 25.4. The van der Waals surface area contributed by atoms with Gasteiger partial charge in [0.15, 0.2) is 5.78 Å². The molecule has 1 amide bonds. The average Bonchev–Trinajstić information content (AvgIpc) is 2.75. The molecule has 0 saturated carbocycles. The molecule has 0 aliphatic carbocycles. The fraction of sp³-hybridized carbons (Fsp3) is 0.462. The van der Waals surface area contributed by atoms with Crippen molar-refractivity contribution in [3.8, 4) is 5.75 Å². The second-order valence-electron chi connectivity index (χ2n) is 8.80. The molecule has 1 atom stereocenters. The number of carbonyl (C=O) groups is 2. The van der Waals surface area contributed by atoms with E-state index in [-0.39, 0.29) is 18.9 Å². The number of Topliss-reactive ketones (excluding diaryl/α,β-unsaturated/α-hetero) is 1. The number of para-hydroxylation sites is 1. The smallest absolute Gasteiger partial charge is 0.410 e. The van der Waals surface area contributed by atoms with Crippen LogP contribution in [0.4, 0.5) is 4.79 Å². The largest absolute Gasteiger partial charge is 0.490 e. The molecule has 1 N–H and O–H groups in total. The predicted octanol–water partition coefficient (Wildman–Crippen LogP) is 4.89. The van der Waals surface area contributed by atoms with Crippen LogP contribution < -0.4 is 4.74 Å². The minimum absolute atomic E-state index is 0.0136. The van der Waals surface area contributed by atoms with Gasteiger partial charge in [-0.25, -0.2) is 4.79 Å². The van der Waals surface area contributed by atoms with Gasteiger partial charge in [-0.3, -0.25) is 4.79 Å². The van der Waals surface area contributed by atoms with Crippen LogP contribution in [0.15, 0.2) is 54.6 Å². The lowest BCUT2D eigenvalue weighted by Gasteiger charge is -2.28. The van der Waals surface area contributed by atoms with E-state index in [2.05, 4.69) is 0 Å². The summed E-state index contributed by atoms with van der Waals surface area (Å²) < 4.78 is 11.2. The Balaban J connectivity index is 1.94. The number of amides is 1. The van der Waals surface area contributed by atoms with E-state index >= 15 is 0 Å². The van der Waals surface area contributed by atoms with E-state index in [1.807, 2.05) is 37.3 Å². The standard InChI is InChI=1S/C26H35NO5/c1-5-17-27(25(30)32-26(2,3)4)18-21(28)19-31-24-14-10-9-13-22(24)23(29)16-15-20-11-7-6-8-12-20/h6-14,21,28H,5,15-19H2,1-4H3/t21-/m0/s1. The second-order valence-corrected chi connectivity index (χ2v) is 8.80. The second kappa shape index (κ2) is 12.2. The highest BCUT2D eigenvalue weighted by Gasteiger charge is 2.24. The summed E-state index contributed by atoms with van der Waals surface area (Å²) in [5.74, 6) is 0.421. The number of hydrogen-bond donors (Lipinski definition) is 1. The predicted molar refractivity (Wildman–Crippen MR) is 125 cm³/mol. The van der Waals surface area contributed by atoms with Gasteiger partial charge >= 0.3 is 6.09 Å². The minimum atomic E-state index is -0.915. The summed E-state index contributed by atoms with van der Waals surface area (Å²) >= 11 is 0. The fourth-order valence-corrected chi connectivity index (χ4v) is 3.21. The lowest BCUT2D eigenvalue weighted by atomic mass is 10.0. The molecule has 6 heteroatoms. The van der Waals surface area contributed by atoms with E-state index in [4.69, 9.17) is 9.47 Å². The third kappa shape index (κ3) is 8.71. The molecule has 0 bridgehead atoms. The Hall–Kier alpha value is -2.86. The van der Waals surface area contributed by atoms with Gasteiger partial charge in [-0.2, -0.15) is 0 Å². The van der Waals surface area contributed by atoms with Gasteiger partial charge in [0.25, 0.3) is 0 Å². The molecule has 32 heavy (non-hydrogen) atoms. The summed E-state index contributed by atoms with van der Waals surface area (Å²) in [7, 11) is 0. The summed E-state index contributed by atoms with van der Waals surface area (Å²) in [6.07, 6.45) is 0.386. The summed E-state index contributed by atoms with van der Waals surface area (Å²) in [4.78, 5) is 26.6. The highest BCUT2D eigenvalue weighted by atomic mass is 16.6. The highest BCUT2D eigenvalue weighted by Crippen LogP contribution is 2.21. The fourth-order valence-electron chi connectivity index (χ4n) is 3.21. The number of aliphatic hydroxyl groups excluding tert-OH is 1. The number of hydrogen-bond acceptors (Lipinski definition) is 5. The molecule has 0 aliphatic heterocycles. The van der Waals surface area contributed by atoms with Gasteiger partial charge in [0.2, 0.25) is 0 Å². The third-order valence-corrected chi connectivity index (χ3v) is 4.68. The van der Waals surface area contributed by atoms with Crippen molar-refractivity contribution in [1.29, 1.82) is 0 Å².